The minimum atomic E-state index is -1.24. The van der Waals surface area contributed by atoms with Gasteiger partial charge in [0.25, 0.3) is 0 Å². The zero-order valence-corrected chi connectivity index (χ0v) is 9.76. The van der Waals surface area contributed by atoms with Crippen LogP contribution in [0.4, 0.5) is 0 Å². The molecule has 4 rings (SSSR count). The molecule has 5 nitrogen and oxygen atoms in total. The first-order chi connectivity index (χ1) is 8.14. The van der Waals surface area contributed by atoms with Gasteiger partial charge in [0.2, 0.25) is 5.79 Å². The van der Waals surface area contributed by atoms with Crippen molar-refractivity contribution in [2.24, 2.45) is 17.8 Å². The van der Waals surface area contributed by atoms with E-state index in [4.69, 9.17) is 14.2 Å². The van der Waals surface area contributed by atoms with Gasteiger partial charge in [-0.3, -0.25) is 4.79 Å². The van der Waals surface area contributed by atoms with E-state index in [9.17, 15) is 9.59 Å². The van der Waals surface area contributed by atoms with Crippen LogP contribution in [-0.2, 0) is 23.8 Å². The molecule has 1 aliphatic heterocycles. The Balaban J connectivity index is 2.10. The first-order valence-corrected chi connectivity index (χ1v) is 5.67. The first kappa shape index (κ1) is 10.9. The second-order valence-corrected chi connectivity index (χ2v) is 4.74. The normalized spacial score (nSPS) is 42.6. The lowest BCUT2D eigenvalue weighted by Crippen LogP contribution is -2.57. The van der Waals surface area contributed by atoms with E-state index in [1.165, 1.54) is 14.2 Å². The van der Waals surface area contributed by atoms with Crippen molar-refractivity contribution in [3.05, 3.63) is 11.6 Å². The van der Waals surface area contributed by atoms with Gasteiger partial charge in [0.1, 0.15) is 0 Å². The molecular formula is C12H14O5. The fraction of sp³-hybridized carbons (Fsp3) is 0.667. The number of hydrogen-bond donors (Lipinski definition) is 0. The van der Waals surface area contributed by atoms with E-state index < -0.39 is 5.79 Å². The minimum absolute atomic E-state index is 0.0635. The number of ketones is 1. The molecule has 0 spiro atoms. The fourth-order valence-corrected chi connectivity index (χ4v) is 3.37. The topological polar surface area (TPSA) is 61.8 Å². The van der Waals surface area contributed by atoms with Crippen molar-refractivity contribution in [2.45, 2.75) is 12.2 Å². The third kappa shape index (κ3) is 1.16. The summed E-state index contributed by atoms with van der Waals surface area (Å²) in [4.78, 5) is 23.9. The summed E-state index contributed by atoms with van der Waals surface area (Å²) in [6, 6.07) is 0. The number of ether oxygens (including phenoxy) is 3. The summed E-state index contributed by atoms with van der Waals surface area (Å²) in [7, 11) is 2.80. The molecule has 5 heteroatoms. The van der Waals surface area contributed by atoms with Crippen LogP contribution in [0.1, 0.15) is 6.42 Å². The van der Waals surface area contributed by atoms with Crippen LogP contribution in [-0.4, -0.2) is 38.4 Å². The summed E-state index contributed by atoms with van der Waals surface area (Å²) in [6.45, 7) is 0.467. The SMILES string of the molecule is COC(=O)C1=C[C@@H]2C[C@H]3CO[C@@](OC)(C2=O)[C@@H]13. The fourth-order valence-electron chi connectivity index (χ4n) is 3.37. The van der Waals surface area contributed by atoms with Crippen LogP contribution in [0.25, 0.3) is 0 Å². The number of allylic oxidation sites excluding steroid dienone is 1. The molecule has 2 fully saturated rings. The zero-order chi connectivity index (χ0) is 12.2. The molecule has 0 aromatic heterocycles. The highest BCUT2D eigenvalue weighted by molar-refractivity contribution is 6.00. The number of methoxy groups -OCH3 is 2. The Morgan fingerprint density at radius 3 is 2.94 bits per heavy atom. The van der Waals surface area contributed by atoms with Crippen molar-refractivity contribution in [1.82, 2.24) is 0 Å². The number of Topliss-reactive ketones (excluding diaryl/α,β-unsaturated/α-hetero) is 1. The van der Waals surface area contributed by atoms with Crippen molar-refractivity contribution in [3.8, 4) is 0 Å². The van der Waals surface area contributed by atoms with Gasteiger partial charge in [-0.2, -0.15) is 0 Å². The molecule has 1 heterocycles. The molecule has 4 aliphatic rings. The van der Waals surface area contributed by atoms with Crippen molar-refractivity contribution in [2.75, 3.05) is 20.8 Å². The third-order valence-electron chi connectivity index (χ3n) is 4.07. The molecule has 1 saturated heterocycles. The maximum absolute atomic E-state index is 12.2. The maximum Gasteiger partial charge on any atom is 0.333 e. The van der Waals surface area contributed by atoms with Crippen LogP contribution in [0.5, 0.6) is 0 Å². The zero-order valence-electron chi connectivity index (χ0n) is 9.76. The molecule has 17 heavy (non-hydrogen) atoms. The lowest BCUT2D eigenvalue weighted by atomic mass is 9.63. The number of rotatable bonds is 2. The summed E-state index contributed by atoms with van der Waals surface area (Å²) < 4.78 is 15.6. The first-order valence-electron chi connectivity index (χ1n) is 5.67. The largest absolute Gasteiger partial charge is 0.466 e. The second kappa shape index (κ2) is 3.40. The standard InChI is InChI=1S/C12H14O5/c1-15-11(14)8-4-6-3-7-5-17-12(16-2,9(7)8)10(6)13/h4,6-7,9H,3,5H2,1-2H3/t6-,7-,9+,12+/m0/s1. The van der Waals surface area contributed by atoms with Crippen molar-refractivity contribution in [1.29, 1.82) is 0 Å². The van der Waals surface area contributed by atoms with Gasteiger partial charge in [0.15, 0.2) is 5.78 Å². The molecule has 4 bridgehead atoms. The monoisotopic (exact) mass is 238 g/mol. The minimum Gasteiger partial charge on any atom is -0.466 e. The average Bonchev–Trinajstić information content (AvgIpc) is 2.70. The van der Waals surface area contributed by atoms with Gasteiger partial charge in [0.05, 0.1) is 19.6 Å². The molecule has 4 atom stereocenters. The highest BCUT2D eigenvalue weighted by Crippen LogP contribution is 2.54. The van der Waals surface area contributed by atoms with Crippen molar-refractivity contribution >= 4 is 11.8 Å². The maximum atomic E-state index is 12.2. The molecule has 1 saturated carbocycles. The highest BCUT2D eigenvalue weighted by atomic mass is 16.7. The van der Waals surface area contributed by atoms with Gasteiger partial charge < -0.3 is 14.2 Å². The quantitative estimate of drug-likeness (QED) is 0.647. The van der Waals surface area contributed by atoms with E-state index in [0.717, 1.165) is 6.42 Å². The van der Waals surface area contributed by atoms with Crippen LogP contribution in [0.2, 0.25) is 0 Å². The predicted octanol–water partition coefficient (Wildman–Crippen LogP) is 0.294. The number of esters is 1. The van der Waals surface area contributed by atoms with E-state index in [1.807, 2.05) is 0 Å². The molecule has 0 N–H and O–H groups in total. The second-order valence-electron chi connectivity index (χ2n) is 4.74. The van der Waals surface area contributed by atoms with Gasteiger partial charge >= 0.3 is 5.97 Å². The van der Waals surface area contributed by atoms with Crippen molar-refractivity contribution in [3.63, 3.8) is 0 Å². The van der Waals surface area contributed by atoms with Gasteiger partial charge in [-0.25, -0.2) is 4.79 Å². The summed E-state index contributed by atoms with van der Waals surface area (Å²) in [5.74, 6) is -2.10. The Labute approximate surface area is 98.7 Å². The van der Waals surface area contributed by atoms with Gasteiger partial charge in [-0.05, 0) is 12.3 Å². The van der Waals surface area contributed by atoms with Gasteiger partial charge in [-0.1, -0.05) is 6.08 Å². The van der Waals surface area contributed by atoms with E-state index in [2.05, 4.69) is 0 Å². The van der Waals surface area contributed by atoms with Gasteiger partial charge in [-0.15, -0.1) is 0 Å². The average molecular weight is 238 g/mol. The Morgan fingerprint density at radius 1 is 1.53 bits per heavy atom. The molecule has 0 unspecified atom stereocenters. The van der Waals surface area contributed by atoms with E-state index in [-0.39, 0.29) is 29.5 Å². The predicted molar refractivity (Wildman–Crippen MR) is 55.9 cm³/mol. The Hall–Kier alpha value is -1.20. The van der Waals surface area contributed by atoms with Crippen LogP contribution < -0.4 is 0 Å². The third-order valence-corrected chi connectivity index (χ3v) is 4.07. The van der Waals surface area contributed by atoms with E-state index in [0.29, 0.717) is 12.2 Å². The lowest BCUT2D eigenvalue weighted by molar-refractivity contribution is -0.217. The molecule has 0 amide bonds. The smallest absolute Gasteiger partial charge is 0.333 e. The highest BCUT2D eigenvalue weighted by Gasteiger charge is 2.66. The summed E-state index contributed by atoms with van der Waals surface area (Å²) >= 11 is 0. The Kier molecular flexibility index (Phi) is 2.18. The number of carbonyl (C=O) groups excluding carboxylic acids is 2. The van der Waals surface area contributed by atoms with Crippen molar-refractivity contribution < 1.29 is 23.8 Å². The van der Waals surface area contributed by atoms with Crippen LogP contribution in [0.3, 0.4) is 0 Å². The van der Waals surface area contributed by atoms with E-state index in [1.54, 1.807) is 6.08 Å². The molecule has 3 aliphatic carbocycles. The summed E-state index contributed by atoms with van der Waals surface area (Å²) in [5, 5.41) is 0. The van der Waals surface area contributed by atoms with Crippen LogP contribution in [0, 0.1) is 17.8 Å². The van der Waals surface area contributed by atoms with E-state index >= 15 is 0 Å². The molecule has 0 aromatic carbocycles. The van der Waals surface area contributed by atoms with Crippen LogP contribution >= 0.6 is 0 Å². The Bertz CT molecular complexity index is 427. The molecule has 92 valence electrons. The van der Waals surface area contributed by atoms with Gasteiger partial charge in [0, 0.05) is 18.6 Å². The number of hydrogen-bond acceptors (Lipinski definition) is 5. The molecular weight excluding hydrogens is 224 g/mol. The summed E-state index contributed by atoms with van der Waals surface area (Å²) in [5.41, 5.74) is 0.535. The summed E-state index contributed by atoms with van der Waals surface area (Å²) in [6.07, 6.45) is 2.47. The van der Waals surface area contributed by atoms with Crippen LogP contribution in [0.15, 0.2) is 11.6 Å². The molecule has 0 radical (unpaired) electrons. The Morgan fingerprint density at radius 2 is 2.29 bits per heavy atom. The lowest BCUT2D eigenvalue weighted by Gasteiger charge is -2.43. The molecule has 0 aromatic rings. The number of carbonyl (C=O) groups is 2.